The van der Waals surface area contributed by atoms with E-state index in [1.807, 2.05) is 36.4 Å². The normalized spacial score (nSPS) is 11.0. The van der Waals surface area contributed by atoms with E-state index in [2.05, 4.69) is 13.0 Å². The van der Waals surface area contributed by atoms with Gasteiger partial charge in [0.2, 0.25) is 0 Å². The maximum Gasteiger partial charge on any atom is 0.266 e. The highest BCUT2D eigenvalue weighted by Gasteiger charge is 2.14. The zero-order chi connectivity index (χ0) is 25.3. The first kappa shape index (κ1) is 24.7. The first-order chi connectivity index (χ1) is 17.7. The van der Waals surface area contributed by atoms with Gasteiger partial charge in [0.25, 0.3) is 5.56 Å². The number of aromatic nitrogens is 2. The van der Waals surface area contributed by atoms with Crippen LogP contribution in [0.1, 0.15) is 49.4 Å². The van der Waals surface area contributed by atoms with Crippen LogP contribution in [0.2, 0.25) is 0 Å². The Bertz CT molecular complexity index is 1460. The zero-order valence-electron chi connectivity index (χ0n) is 20.6. The second-order valence-corrected chi connectivity index (χ2v) is 8.42. The van der Waals surface area contributed by atoms with Crippen molar-refractivity contribution < 1.29 is 9.47 Å². The van der Waals surface area contributed by atoms with Gasteiger partial charge >= 0.3 is 0 Å². The molecule has 0 fully saturated rings. The number of rotatable bonds is 10. The minimum Gasteiger partial charge on any atom is -0.493 e. The number of nitriles is 1. The Morgan fingerprint density at radius 3 is 2.58 bits per heavy atom. The average Bonchev–Trinajstić information content (AvgIpc) is 2.92. The molecule has 4 aromatic rings. The van der Waals surface area contributed by atoms with Gasteiger partial charge in [-0.3, -0.25) is 9.20 Å². The van der Waals surface area contributed by atoms with Crippen molar-refractivity contribution in [1.29, 1.82) is 5.26 Å². The van der Waals surface area contributed by atoms with Gasteiger partial charge in [0.15, 0.2) is 11.5 Å². The molecule has 0 aliphatic carbocycles. The fraction of sp³-hybridized carbons (Fsp3) is 0.233. The van der Waals surface area contributed by atoms with Gasteiger partial charge in [0.05, 0.1) is 36.6 Å². The van der Waals surface area contributed by atoms with Crippen molar-refractivity contribution in [2.75, 3.05) is 13.7 Å². The van der Waals surface area contributed by atoms with E-state index in [0.717, 1.165) is 18.4 Å². The van der Waals surface area contributed by atoms with Crippen LogP contribution in [-0.4, -0.2) is 23.1 Å². The average molecular weight is 480 g/mol. The van der Waals surface area contributed by atoms with Crippen LogP contribution in [0.4, 0.5) is 0 Å². The molecule has 182 valence electrons. The lowest BCUT2D eigenvalue weighted by molar-refractivity contribution is 0.284. The van der Waals surface area contributed by atoms with Crippen LogP contribution < -0.4 is 15.0 Å². The third kappa shape index (κ3) is 5.47. The first-order valence-electron chi connectivity index (χ1n) is 12.2. The number of para-hydroxylation sites is 1. The summed E-state index contributed by atoms with van der Waals surface area (Å²) < 4.78 is 13.2. The van der Waals surface area contributed by atoms with Crippen LogP contribution in [0.15, 0.2) is 71.7 Å². The molecule has 2 aromatic carbocycles. The standard InChI is InChI=1S/C30H29N3O3/c1-3-4-5-8-20-36-29-24(10-9-11-26(29)35-2)17-18-25-28(23-15-13-22(21-31)14-16-23)30(34)33-19-7-6-12-27(33)32-25/h6-7,9-19H,3-5,8,20H2,1-2H3/b18-17+. The molecule has 0 amide bonds. The molecule has 6 heteroatoms. The second-order valence-electron chi connectivity index (χ2n) is 8.42. The van der Waals surface area contributed by atoms with Crippen LogP contribution in [0.25, 0.3) is 28.9 Å². The maximum absolute atomic E-state index is 13.5. The van der Waals surface area contributed by atoms with Crippen LogP contribution in [0, 0.1) is 11.3 Å². The Labute approximate surface area is 211 Å². The van der Waals surface area contributed by atoms with Gasteiger partial charge < -0.3 is 9.47 Å². The summed E-state index contributed by atoms with van der Waals surface area (Å²) in [6.45, 7) is 2.79. The van der Waals surface area contributed by atoms with E-state index in [0.29, 0.717) is 46.1 Å². The fourth-order valence-corrected chi connectivity index (χ4v) is 4.06. The van der Waals surface area contributed by atoms with Gasteiger partial charge in [0.1, 0.15) is 5.65 Å². The molecule has 0 aliphatic rings. The smallest absolute Gasteiger partial charge is 0.266 e. The van der Waals surface area contributed by atoms with E-state index < -0.39 is 0 Å². The minimum atomic E-state index is -0.178. The number of nitrogens with zero attached hydrogens (tertiary/aromatic N) is 3. The predicted octanol–water partition coefficient (Wildman–Crippen LogP) is 6.37. The molecule has 36 heavy (non-hydrogen) atoms. The van der Waals surface area contributed by atoms with Crippen molar-refractivity contribution in [3.8, 4) is 28.7 Å². The van der Waals surface area contributed by atoms with E-state index in [1.54, 1.807) is 49.7 Å². The van der Waals surface area contributed by atoms with Crippen molar-refractivity contribution >= 4 is 17.8 Å². The molecule has 0 saturated carbocycles. The molecule has 0 bridgehead atoms. The van der Waals surface area contributed by atoms with Gasteiger partial charge in [-0.2, -0.15) is 5.26 Å². The highest BCUT2D eigenvalue weighted by molar-refractivity contribution is 5.81. The van der Waals surface area contributed by atoms with E-state index in [1.165, 1.54) is 17.2 Å². The molecule has 0 atom stereocenters. The summed E-state index contributed by atoms with van der Waals surface area (Å²) in [7, 11) is 1.63. The Hall–Kier alpha value is -4.37. The predicted molar refractivity (Wildman–Crippen MR) is 143 cm³/mol. The monoisotopic (exact) mass is 479 g/mol. The molecule has 0 radical (unpaired) electrons. The molecule has 0 unspecified atom stereocenters. The van der Waals surface area contributed by atoms with Crippen LogP contribution in [-0.2, 0) is 0 Å². The van der Waals surface area contributed by atoms with Crippen molar-refractivity contribution in [2.45, 2.75) is 32.6 Å². The van der Waals surface area contributed by atoms with Gasteiger partial charge in [-0.05, 0) is 54.5 Å². The fourth-order valence-electron chi connectivity index (χ4n) is 4.06. The van der Waals surface area contributed by atoms with Gasteiger partial charge in [-0.1, -0.05) is 56.5 Å². The number of benzene rings is 2. The van der Waals surface area contributed by atoms with E-state index >= 15 is 0 Å². The molecule has 0 N–H and O–H groups in total. The molecular formula is C30H29N3O3. The highest BCUT2D eigenvalue weighted by atomic mass is 16.5. The summed E-state index contributed by atoms with van der Waals surface area (Å²) in [5.74, 6) is 1.33. The summed E-state index contributed by atoms with van der Waals surface area (Å²) >= 11 is 0. The summed E-state index contributed by atoms with van der Waals surface area (Å²) in [5.41, 5.74) is 3.44. The number of pyridine rings is 1. The Morgan fingerprint density at radius 1 is 1.00 bits per heavy atom. The molecule has 0 saturated heterocycles. The molecule has 0 spiro atoms. The summed E-state index contributed by atoms with van der Waals surface area (Å²) in [4.78, 5) is 18.3. The SMILES string of the molecule is CCCCCCOc1c(/C=C/c2nc3ccccn3c(=O)c2-c2ccc(C#N)cc2)cccc1OC. The van der Waals surface area contributed by atoms with Gasteiger partial charge in [-0.15, -0.1) is 0 Å². The van der Waals surface area contributed by atoms with Crippen LogP contribution in [0.5, 0.6) is 11.5 Å². The molecule has 6 nitrogen and oxygen atoms in total. The Kier molecular flexibility index (Phi) is 8.15. The minimum absolute atomic E-state index is 0.178. The molecule has 0 aliphatic heterocycles. The molecule has 2 aromatic heterocycles. The third-order valence-corrected chi connectivity index (χ3v) is 5.96. The van der Waals surface area contributed by atoms with E-state index in [9.17, 15) is 10.1 Å². The van der Waals surface area contributed by atoms with Crippen molar-refractivity contribution in [1.82, 2.24) is 9.38 Å². The summed E-state index contributed by atoms with van der Waals surface area (Å²) in [5, 5.41) is 9.17. The van der Waals surface area contributed by atoms with Crippen LogP contribution in [0.3, 0.4) is 0 Å². The number of hydrogen-bond donors (Lipinski definition) is 0. The topological polar surface area (TPSA) is 76.6 Å². The molecule has 2 heterocycles. The van der Waals surface area contributed by atoms with Gasteiger partial charge in [-0.25, -0.2) is 4.98 Å². The lowest BCUT2D eigenvalue weighted by Crippen LogP contribution is -2.18. The molecule has 4 rings (SSSR count). The number of unbranched alkanes of at least 4 members (excludes halogenated alkanes) is 3. The van der Waals surface area contributed by atoms with Crippen LogP contribution >= 0.6 is 0 Å². The lowest BCUT2D eigenvalue weighted by Gasteiger charge is -2.13. The second kappa shape index (κ2) is 11.9. The summed E-state index contributed by atoms with van der Waals surface area (Å²) in [6.07, 6.45) is 9.89. The van der Waals surface area contributed by atoms with E-state index in [-0.39, 0.29) is 5.56 Å². The number of hydrogen-bond acceptors (Lipinski definition) is 5. The zero-order valence-corrected chi connectivity index (χ0v) is 20.6. The number of ether oxygens (including phenoxy) is 2. The Balaban J connectivity index is 1.77. The maximum atomic E-state index is 13.5. The Morgan fingerprint density at radius 2 is 1.83 bits per heavy atom. The third-order valence-electron chi connectivity index (χ3n) is 5.96. The number of methoxy groups -OCH3 is 1. The highest BCUT2D eigenvalue weighted by Crippen LogP contribution is 2.33. The quantitative estimate of drug-likeness (QED) is 0.247. The van der Waals surface area contributed by atoms with Gasteiger partial charge in [0, 0.05) is 11.8 Å². The first-order valence-corrected chi connectivity index (χ1v) is 12.2. The largest absolute Gasteiger partial charge is 0.493 e. The number of fused-ring (bicyclic) bond motifs is 1. The van der Waals surface area contributed by atoms with E-state index in [4.69, 9.17) is 14.5 Å². The molecular weight excluding hydrogens is 450 g/mol. The van der Waals surface area contributed by atoms with Crippen molar-refractivity contribution in [2.24, 2.45) is 0 Å². The summed E-state index contributed by atoms with van der Waals surface area (Å²) in [6, 6.07) is 20.3. The lowest BCUT2D eigenvalue weighted by atomic mass is 10.0. The van der Waals surface area contributed by atoms with Crippen molar-refractivity contribution in [3.05, 3.63) is 94.0 Å². The van der Waals surface area contributed by atoms with Crippen molar-refractivity contribution in [3.63, 3.8) is 0 Å².